The van der Waals surface area contributed by atoms with E-state index in [-0.39, 0.29) is 0 Å². The summed E-state index contributed by atoms with van der Waals surface area (Å²) in [5, 5.41) is 0. The lowest BCUT2D eigenvalue weighted by molar-refractivity contribution is 0.591. The van der Waals surface area contributed by atoms with Gasteiger partial charge in [0, 0.05) is 4.47 Å². The average molecular weight is 336 g/mol. The third kappa shape index (κ3) is 2.31. The van der Waals surface area contributed by atoms with Crippen LogP contribution < -0.4 is 4.72 Å². The van der Waals surface area contributed by atoms with Gasteiger partial charge in [0.25, 0.3) is 10.0 Å². The molecule has 19 heavy (non-hydrogen) atoms. The Labute approximate surface area is 120 Å². The zero-order valence-corrected chi connectivity index (χ0v) is 12.2. The molecule has 0 unspecified atom stereocenters. The van der Waals surface area contributed by atoms with Crippen LogP contribution in [0.15, 0.2) is 57.9 Å². The van der Waals surface area contributed by atoms with Crippen molar-refractivity contribution in [3.63, 3.8) is 0 Å². The number of halogens is 1. The maximum absolute atomic E-state index is 12.2. The Balaban J connectivity index is 2.21. The predicted octanol–water partition coefficient (Wildman–Crippen LogP) is 3.24. The quantitative estimate of drug-likeness (QED) is 0.869. The van der Waals surface area contributed by atoms with Crippen LogP contribution in [0.2, 0.25) is 0 Å². The summed E-state index contributed by atoms with van der Waals surface area (Å²) in [4.78, 5) is 0.301. The lowest BCUT2D eigenvalue weighted by Gasteiger charge is -2.19. The normalized spacial score (nSPS) is 16.2. The van der Waals surface area contributed by atoms with E-state index in [1.165, 1.54) is 0 Å². The number of hydrogen-bond acceptors (Lipinski definition) is 2. The Morgan fingerprint density at radius 3 is 2.47 bits per heavy atom. The monoisotopic (exact) mass is 335 g/mol. The lowest BCUT2D eigenvalue weighted by atomic mass is 10.1. The molecule has 0 aromatic heterocycles. The molecule has 1 aliphatic heterocycles. The molecule has 1 heterocycles. The molecule has 0 radical (unpaired) electrons. The van der Waals surface area contributed by atoms with Crippen LogP contribution in [0.25, 0.3) is 11.8 Å². The van der Waals surface area contributed by atoms with Crippen LogP contribution in [0.3, 0.4) is 0 Å². The summed E-state index contributed by atoms with van der Waals surface area (Å²) in [6.07, 6.45) is 1.84. The zero-order valence-electron chi connectivity index (χ0n) is 9.80. The molecule has 0 atom stereocenters. The van der Waals surface area contributed by atoms with Gasteiger partial charge < -0.3 is 0 Å². The molecule has 2 aromatic rings. The SMILES string of the molecule is O=S1(=O)NC(c2ccccc2)=Cc2cc(Br)ccc21. The Kier molecular flexibility index (Phi) is 2.95. The molecule has 0 saturated heterocycles. The van der Waals surface area contributed by atoms with Crippen LogP contribution in [-0.2, 0) is 10.0 Å². The fourth-order valence-electron chi connectivity index (χ4n) is 2.02. The minimum atomic E-state index is -3.50. The summed E-state index contributed by atoms with van der Waals surface area (Å²) in [6, 6.07) is 14.5. The molecular weight excluding hydrogens is 326 g/mol. The Bertz CT molecular complexity index is 767. The van der Waals surface area contributed by atoms with Gasteiger partial charge in [0.15, 0.2) is 0 Å². The minimum Gasteiger partial charge on any atom is -0.279 e. The maximum atomic E-state index is 12.2. The first-order valence-corrected chi connectivity index (χ1v) is 7.93. The smallest absolute Gasteiger partial charge is 0.262 e. The van der Waals surface area contributed by atoms with Gasteiger partial charge in [-0.15, -0.1) is 0 Å². The van der Waals surface area contributed by atoms with Crippen molar-refractivity contribution < 1.29 is 8.42 Å². The molecule has 2 aromatic carbocycles. The number of hydrogen-bond donors (Lipinski definition) is 1. The van der Waals surface area contributed by atoms with Crippen molar-refractivity contribution in [2.75, 3.05) is 0 Å². The molecular formula is C14H10BrNO2S. The van der Waals surface area contributed by atoms with E-state index in [2.05, 4.69) is 20.7 Å². The fraction of sp³-hybridized carbons (Fsp3) is 0. The Morgan fingerprint density at radius 2 is 1.74 bits per heavy atom. The highest BCUT2D eigenvalue weighted by molar-refractivity contribution is 9.10. The highest BCUT2D eigenvalue weighted by Gasteiger charge is 2.24. The summed E-state index contributed by atoms with van der Waals surface area (Å²) < 4.78 is 27.9. The first kappa shape index (κ1) is 12.4. The molecule has 3 rings (SSSR count). The molecule has 1 aliphatic rings. The van der Waals surface area contributed by atoms with Crippen LogP contribution in [-0.4, -0.2) is 8.42 Å². The third-order valence-electron chi connectivity index (χ3n) is 2.89. The topological polar surface area (TPSA) is 46.2 Å². The molecule has 0 spiro atoms. The zero-order chi connectivity index (χ0) is 13.5. The van der Waals surface area contributed by atoms with Gasteiger partial charge in [-0.25, -0.2) is 8.42 Å². The third-order valence-corrected chi connectivity index (χ3v) is 4.82. The molecule has 0 amide bonds. The van der Waals surface area contributed by atoms with Crippen LogP contribution >= 0.6 is 15.9 Å². The van der Waals surface area contributed by atoms with Crippen LogP contribution in [0.1, 0.15) is 11.1 Å². The molecule has 3 nitrogen and oxygen atoms in total. The second-order valence-corrected chi connectivity index (χ2v) is 6.78. The van der Waals surface area contributed by atoms with Gasteiger partial charge in [-0.1, -0.05) is 46.3 Å². The predicted molar refractivity (Wildman–Crippen MR) is 78.8 cm³/mol. The number of rotatable bonds is 1. The first-order valence-electron chi connectivity index (χ1n) is 5.66. The van der Waals surface area contributed by atoms with Gasteiger partial charge in [-0.2, -0.15) is 0 Å². The summed E-state index contributed by atoms with van der Waals surface area (Å²) in [5.41, 5.74) is 2.12. The number of nitrogens with one attached hydrogen (secondary N) is 1. The van der Waals surface area contributed by atoms with E-state index in [0.717, 1.165) is 10.0 Å². The second-order valence-electron chi connectivity index (χ2n) is 4.21. The van der Waals surface area contributed by atoms with Gasteiger partial charge in [0.1, 0.15) is 0 Å². The Hall–Kier alpha value is -1.59. The van der Waals surface area contributed by atoms with Gasteiger partial charge in [0.2, 0.25) is 0 Å². The minimum absolute atomic E-state index is 0.301. The van der Waals surface area contributed by atoms with Crippen molar-refractivity contribution >= 4 is 37.7 Å². The number of sulfonamides is 1. The van der Waals surface area contributed by atoms with E-state index < -0.39 is 10.0 Å². The maximum Gasteiger partial charge on any atom is 0.262 e. The number of fused-ring (bicyclic) bond motifs is 1. The van der Waals surface area contributed by atoms with E-state index in [1.54, 1.807) is 18.2 Å². The van der Waals surface area contributed by atoms with Crippen molar-refractivity contribution in [1.29, 1.82) is 0 Å². The summed E-state index contributed by atoms with van der Waals surface area (Å²) in [5.74, 6) is 0. The van der Waals surface area contributed by atoms with Crippen molar-refractivity contribution in [3.8, 4) is 0 Å². The first-order chi connectivity index (χ1) is 9.06. The van der Waals surface area contributed by atoms with E-state index in [4.69, 9.17) is 0 Å². The van der Waals surface area contributed by atoms with Crippen molar-refractivity contribution in [2.45, 2.75) is 4.90 Å². The van der Waals surface area contributed by atoms with Gasteiger partial charge in [0.05, 0.1) is 10.6 Å². The van der Waals surface area contributed by atoms with Crippen molar-refractivity contribution in [2.24, 2.45) is 0 Å². The summed E-state index contributed by atoms with van der Waals surface area (Å²) in [7, 11) is -3.50. The number of benzene rings is 2. The molecule has 5 heteroatoms. The molecule has 0 fully saturated rings. The highest BCUT2D eigenvalue weighted by atomic mass is 79.9. The molecule has 0 aliphatic carbocycles. The molecule has 0 bridgehead atoms. The second kappa shape index (κ2) is 4.51. The Morgan fingerprint density at radius 1 is 1.00 bits per heavy atom. The van der Waals surface area contributed by atoms with Gasteiger partial charge in [-0.3, -0.25) is 4.72 Å². The average Bonchev–Trinajstić information content (AvgIpc) is 2.38. The summed E-state index contributed by atoms with van der Waals surface area (Å²) in [6.45, 7) is 0. The van der Waals surface area contributed by atoms with Crippen LogP contribution in [0.5, 0.6) is 0 Å². The van der Waals surface area contributed by atoms with Gasteiger partial charge >= 0.3 is 0 Å². The lowest BCUT2D eigenvalue weighted by Crippen LogP contribution is -2.26. The summed E-state index contributed by atoms with van der Waals surface area (Å²) >= 11 is 3.36. The molecule has 1 N–H and O–H groups in total. The largest absolute Gasteiger partial charge is 0.279 e. The van der Waals surface area contributed by atoms with E-state index in [0.29, 0.717) is 16.2 Å². The standard InChI is InChI=1S/C14H10BrNO2S/c15-12-6-7-14-11(8-12)9-13(16-19(14,17)18)10-4-2-1-3-5-10/h1-9,16H. The molecule has 0 saturated carbocycles. The van der Waals surface area contributed by atoms with Crippen LogP contribution in [0.4, 0.5) is 0 Å². The van der Waals surface area contributed by atoms with E-state index in [1.807, 2.05) is 36.4 Å². The van der Waals surface area contributed by atoms with Gasteiger partial charge in [-0.05, 0) is 35.4 Å². The van der Waals surface area contributed by atoms with Crippen molar-refractivity contribution in [1.82, 2.24) is 4.72 Å². The molecule has 96 valence electrons. The highest BCUT2D eigenvalue weighted by Crippen LogP contribution is 2.30. The van der Waals surface area contributed by atoms with Crippen LogP contribution in [0, 0.1) is 0 Å². The fourth-order valence-corrected chi connectivity index (χ4v) is 3.65. The van der Waals surface area contributed by atoms with E-state index in [9.17, 15) is 8.42 Å². The van der Waals surface area contributed by atoms with E-state index >= 15 is 0 Å². The van der Waals surface area contributed by atoms with Crippen molar-refractivity contribution in [3.05, 3.63) is 64.1 Å².